The third kappa shape index (κ3) is 2.45. The molecule has 4 nitrogen and oxygen atoms in total. The van der Waals surface area contributed by atoms with Crippen LogP contribution in [0, 0.1) is 11.7 Å². The van der Waals surface area contributed by atoms with Gasteiger partial charge in [0.25, 0.3) is 11.7 Å². The van der Waals surface area contributed by atoms with Gasteiger partial charge >= 0.3 is 0 Å². The maximum Gasteiger partial charge on any atom is 0.299 e. The summed E-state index contributed by atoms with van der Waals surface area (Å²) in [5.74, 6) is -1.41. The number of benzene rings is 1. The van der Waals surface area contributed by atoms with Crippen molar-refractivity contribution in [2.45, 2.75) is 25.8 Å². The zero-order valence-corrected chi connectivity index (χ0v) is 11.4. The van der Waals surface area contributed by atoms with Gasteiger partial charge in [0.2, 0.25) is 0 Å². The summed E-state index contributed by atoms with van der Waals surface area (Å²) >= 11 is 0. The fourth-order valence-electron chi connectivity index (χ4n) is 2.49. The highest BCUT2D eigenvalue weighted by Crippen LogP contribution is 2.30. The van der Waals surface area contributed by atoms with Gasteiger partial charge in [-0.25, -0.2) is 4.39 Å². The molecule has 1 aliphatic carbocycles. The molecule has 3 rings (SSSR count). The summed E-state index contributed by atoms with van der Waals surface area (Å²) < 4.78 is 13.2. The number of halogens is 1. The van der Waals surface area contributed by atoms with Gasteiger partial charge in [0.1, 0.15) is 5.82 Å². The number of carbonyl (C=O) groups excluding carboxylic acids is 2. The topological polar surface area (TPSA) is 49.4 Å². The Kier molecular flexibility index (Phi) is 3.30. The van der Waals surface area contributed by atoms with Crippen LogP contribution in [0.4, 0.5) is 10.1 Å². The van der Waals surface area contributed by atoms with Crippen molar-refractivity contribution < 1.29 is 14.0 Å². The lowest BCUT2D eigenvalue weighted by molar-refractivity contribution is -0.114. The molecule has 0 spiro atoms. The van der Waals surface area contributed by atoms with E-state index in [4.69, 9.17) is 0 Å². The lowest BCUT2D eigenvalue weighted by Gasteiger charge is -2.21. The van der Waals surface area contributed by atoms with Crippen LogP contribution in [0.15, 0.2) is 18.2 Å². The molecule has 0 aromatic heterocycles. The third-order valence-electron chi connectivity index (χ3n) is 3.76. The van der Waals surface area contributed by atoms with Gasteiger partial charge in [0.05, 0.1) is 11.3 Å². The highest BCUT2D eigenvalue weighted by Gasteiger charge is 2.36. The van der Waals surface area contributed by atoms with E-state index in [1.54, 1.807) is 0 Å². The van der Waals surface area contributed by atoms with E-state index in [1.807, 2.05) is 6.92 Å². The average molecular weight is 276 g/mol. The Balaban J connectivity index is 1.73. The molecule has 106 valence electrons. The summed E-state index contributed by atoms with van der Waals surface area (Å²) in [6.45, 7) is 3.33. The SMILES string of the molecule is CC(CNC1CC1)CN1C(=O)C(=O)c2cc(F)ccc21. The maximum absolute atomic E-state index is 13.2. The van der Waals surface area contributed by atoms with Crippen molar-refractivity contribution in [3.8, 4) is 0 Å². The first-order chi connectivity index (χ1) is 9.56. The number of nitrogens with one attached hydrogen (secondary N) is 1. The van der Waals surface area contributed by atoms with Crippen LogP contribution in [-0.4, -0.2) is 30.8 Å². The minimum Gasteiger partial charge on any atom is -0.314 e. The first-order valence-corrected chi connectivity index (χ1v) is 6.95. The monoisotopic (exact) mass is 276 g/mol. The predicted molar refractivity (Wildman–Crippen MR) is 73.3 cm³/mol. The van der Waals surface area contributed by atoms with Crippen LogP contribution < -0.4 is 10.2 Å². The van der Waals surface area contributed by atoms with Gasteiger partial charge in [-0.2, -0.15) is 0 Å². The van der Waals surface area contributed by atoms with Crippen molar-refractivity contribution in [3.05, 3.63) is 29.6 Å². The molecule has 1 atom stereocenters. The van der Waals surface area contributed by atoms with E-state index in [0.29, 0.717) is 18.3 Å². The second-order valence-electron chi connectivity index (χ2n) is 5.69. The summed E-state index contributed by atoms with van der Waals surface area (Å²) in [5.41, 5.74) is 0.706. The Morgan fingerprint density at radius 1 is 1.40 bits per heavy atom. The number of amides is 1. The van der Waals surface area contributed by atoms with Crippen LogP contribution in [0.5, 0.6) is 0 Å². The van der Waals surface area contributed by atoms with E-state index in [1.165, 1.54) is 29.9 Å². The van der Waals surface area contributed by atoms with Crippen LogP contribution >= 0.6 is 0 Å². The van der Waals surface area contributed by atoms with Crippen LogP contribution in [0.25, 0.3) is 0 Å². The van der Waals surface area contributed by atoms with Crippen molar-refractivity contribution in [2.24, 2.45) is 5.92 Å². The van der Waals surface area contributed by atoms with Gasteiger partial charge in [-0.15, -0.1) is 0 Å². The Hall–Kier alpha value is -1.75. The number of rotatable bonds is 5. The maximum atomic E-state index is 13.2. The summed E-state index contributed by atoms with van der Waals surface area (Å²) in [7, 11) is 0. The second-order valence-corrected chi connectivity index (χ2v) is 5.69. The van der Waals surface area contributed by atoms with Crippen molar-refractivity contribution in [3.63, 3.8) is 0 Å². The Labute approximate surface area is 117 Å². The molecule has 1 aliphatic heterocycles. The Morgan fingerprint density at radius 3 is 2.85 bits per heavy atom. The Bertz CT molecular complexity index is 569. The van der Waals surface area contributed by atoms with Crippen LogP contribution in [0.2, 0.25) is 0 Å². The minimum atomic E-state index is -0.609. The van der Waals surface area contributed by atoms with Crippen molar-refractivity contribution in [2.75, 3.05) is 18.0 Å². The van der Waals surface area contributed by atoms with Gasteiger partial charge in [0, 0.05) is 12.6 Å². The number of carbonyl (C=O) groups is 2. The van der Waals surface area contributed by atoms with Gasteiger partial charge in [-0.05, 0) is 43.5 Å². The Morgan fingerprint density at radius 2 is 2.15 bits per heavy atom. The first-order valence-electron chi connectivity index (χ1n) is 6.95. The van der Waals surface area contributed by atoms with Gasteiger partial charge in [-0.3, -0.25) is 9.59 Å². The lowest BCUT2D eigenvalue weighted by Crippen LogP contribution is -2.37. The van der Waals surface area contributed by atoms with Crippen LogP contribution in [-0.2, 0) is 4.79 Å². The molecule has 20 heavy (non-hydrogen) atoms. The van der Waals surface area contributed by atoms with Crippen molar-refractivity contribution in [1.82, 2.24) is 5.32 Å². The summed E-state index contributed by atoms with van der Waals surface area (Å²) in [5, 5.41) is 3.41. The number of fused-ring (bicyclic) bond motifs is 1. The lowest BCUT2D eigenvalue weighted by atomic mass is 10.1. The molecule has 1 heterocycles. The van der Waals surface area contributed by atoms with Gasteiger partial charge in [-0.1, -0.05) is 6.92 Å². The molecule has 1 aromatic carbocycles. The first kappa shape index (κ1) is 13.2. The second kappa shape index (κ2) is 4.98. The number of nitrogens with zero attached hydrogens (tertiary/aromatic N) is 1. The van der Waals surface area contributed by atoms with Crippen LogP contribution in [0.1, 0.15) is 30.1 Å². The van der Waals surface area contributed by atoms with Gasteiger partial charge in [0.15, 0.2) is 0 Å². The third-order valence-corrected chi connectivity index (χ3v) is 3.76. The zero-order valence-electron chi connectivity index (χ0n) is 11.4. The fraction of sp³-hybridized carbons (Fsp3) is 0.467. The molecule has 1 saturated carbocycles. The molecule has 1 fully saturated rings. The highest BCUT2D eigenvalue weighted by atomic mass is 19.1. The van der Waals surface area contributed by atoms with Crippen molar-refractivity contribution >= 4 is 17.4 Å². The highest BCUT2D eigenvalue weighted by molar-refractivity contribution is 6.52. The van der Waals surface area contributed by atoms with Crippen molar-refractivity contribution in [1.29, 1.82) is 0 Å². The van der Waals surface area contributed by atoms with Crippen LogP contribution in [0.3, 0.4) is 0 Å². The van der Waals surface area contributed by atoms with E-state index in [9.17, 15) is 14.0 Å². The van der Waals surface area contributed by atoms with E-state index in [2.05, 4.69) is 5.32 Å². The molecule has 0 saturated heterocycles. The molecule has 2 aliphatic rings. The zero-order chi connectivity index (χ0) is 14.3. The van der Waals surface area contributed by atoms with E-state index < -0.39 is 17.5 Å². The largest absolute Gasteiger partial charge is 0.314 e. The summed E-state index contributed by atoms with van der Waals surface area (Å²) in [4.78, 5) is 25.3. The number of hydrogen-bond donors (Lipinski definition) is 1. The normalized spacial score (nSPS) is 19.4. The molecule has 1 N–H and O–H groups in total. The smallest absolute Gasteiger partial charge is 0.299 e. The molecular formula is C15H17FN2O2. The van der Waals surface area contributed by atoms with E-state index >= 15 is 0 Å². The number of Topliss-reactive ketones (excluding diaryl/α,β-unsaturated/α-hetero) is 1. The van der Waals surface area contributed by atoms with Gasteiger partial charge < -0.3 is 10.2 Å². The fourth-order valence-corrected chi connectivity index (χ4v) is 2.49. The predicted octanol–water partition coefficient (Wildman–Crippen LogP) is 1.74. The number of hydrogen-bond acceptors (Lipinski definition) is 3. The summed E-state index contributed by atoms with van der Waals surface area (Å²) in [6, 6.07) is 4.55. The molecule has 0 bridgehead atoms. The molecule has 1 amide bonds. The molecule has 1 unspecified atom stereocenters. The van der Waals surface area contributed by atoms with E-state index in [0.717, 1.165) is 12.6 Å². The molecule has 0 radical (unpaired) electrons. The molecule has 5 heteroatoms. The quantitative estimate of drug-likeness (QED) is 0.833. The minimum absolute atomic E-state index is 0.178. The van der Waals surface area contributed by atoms with E-state index in [-0.39, 0.29) is 11.5 Å². The molecular weight excluding hydrogens is 259 g/mol. The average Bonchev–Trinajstić information content (AvgIpc) is 3.22. The standard InChI is InChI=1S/C15H17FN2O2/c1-9(7-17-11-3-4-11)8-18-13-5-2-10(16)6-12(13)14(19)15(18)20/h2,5-6,9,11,17H,3-4,7-8H2,1H3. The summed E-state index contributed by atoms with van der Waals surface area (Å²) in [6.07, 6.45) is 2.44. The molecule has 1 aromatic rings. The number of ketones is 1. The number of anilines is 1.